The maximum absolute atomic E-state index is 2.43. The maximum atomic E-state index is 2.43. The molecule has 24 heavy (non-hydrogen) atoms. The lowest BCUT2D eigenvalue weighted by molar-refractivity contribution is 0.870. The predicted molar refractivity (Wildman–Crippen MR) is 104 cm³/mol. The van der Waals surface area contributed by atoms with Crippen molar-refractivity contribution >= 4 is 0 Å². The predicted octanol–water partition coefficient (Wildman–Crippen LogP) is 6.61. The Hall–Kier alpha value is -2.34. The molecule has 3 aromatic carbocycles. The van der Waals surface area contributed by atoms with E-state index in [2.05, 4.69) is 100 Å². The minimum absolute atomic E-state index is 0.411. The molecule has 0 aliphatic rings. The Balaban J connectivity index is 2.03. The summed E-state index contributed by atoms with van der Waals surface area (Å²) in [6.07, 6.45) is 0. The van der Waals surface area contributed by atoms with Crippen molar-refractivity contribution in [3.05, 3.63) is 106 Å². The van der Waals surface area contributed by atoms with Crippen LogP contribution >= 0.6 is 0 Å². The molecule has 0 heteroatoms. The number of aryl methyl sites for hydroxylation is 2. The molecule has 0 aromatic heterocycles. The molecular weight excluding hydrogens is 288 g/mol. The molecular formula is C24H26. The Morgan fingerprint density at radius 1 is 0.542 bits per heavy atom. The van der Waals surface area contributed by atoms with E-state index in [1.807, 2.05) is 0 Å². The van der Waals surface area contributed by atoms with Crippen molar-refractivity contribution < 1.29 is 0 Å². The van der Waals surface area contributed by atoms with Gasteiger partial charge in [-0.2, -0.15) is 0 Å². The van der Waals surface area contributed by atoms with Gasteiger partial charge < -0.3 is 0 Å². The molecule has 0 bridgehead atoms. The fourth-order valence-electron chi connectivity index (χ4n) is 3.66. The van der Waals surface area contributed by atoms with Gasteiger partial charge in [0.25, 0.3) is 0 Å². The van der Waals surface area contributed by atoms with E-state index in [1.54, 1.807) is 0 Å². The highest BCUT2D eigenvalue weighted by molar-refractivity contribution is 5.46. The molecule has 0 saturated carbocycles. The van der Waals surface area contributed by atoms with Gasteiger partial charge in [0.2, 0.25) is 0 Å². The third kappa shape index (κ3) is 3.28. The van der Waals surface area contributed by atoms with Gasteiger partial charge in [0, 0.05) is 11.8 Å². The highest BCUT2D eigenvalue weighted by atomic mass is 14.2. The van der Waals surface area contributed by atoms with Crippen LogP contribution in [0.2, 0.25) is 0 Å². The molecule has 0 aliphatic heterocycles. The molecule has 2 unspecified atom stereocenters. The minimum Gasteiger partial charge on any atom is -0.0622 e. The van der Waals surface area contributed by atoms with E-state index in [0.29, 0.717) is 11.8 Å². The lowest BCUT2D eigenvalue weighted by Crippen LogP contribution is -2.05. The van der Waals surface area contributed by atoms with E-state index in [4.69, 9.17) is 0 Å². The van der Waals surface area contributed by atoms with Crippen LogP contribution in [0.25, 0.3) is 0 Å². The molecule has 122 valence electrons. The Bertz CT molecular complexity index is 733. The fourth-order valence-corrected chi connectivity index (χ4v) is 3.66. The summed E-state index contributed by atoms with van der Waals surface area (Å²) >= 11 is 0. The lowest BCUT2D eigenvalue weighted by atomic mass is 9.83. The van der Waals surface area contributed by atoms with E-state index in [9.17, 15) is 0 Å². The van der Waals surface area contributed by atoms with E-state index >= 15 is 0 Å². The zero-order chi connectivity index (χ0) is 17.1. The van der Waals surface area contributed by atoms with Crippen LogP contribution in [0.1, 0.15) is 59.1 Å². The molecule has 0 aliphatic carbocycles. The van der Waals surface area contributed by atoms with Crippen molar-refractivity contribution in [2.45, 2.75) is 39.5 Å². The SMILES string of the molecule is Cc1cc(C)c(C(C)c2ccccc2)cc1C(C)c1ccccc1. The summed E-state index contributed by atoms with van der Waals surface area (Å²) in [6.45, 7) is 9.09. The third-order valence-corrected chi connectivity index (χ3v) is 5.19. The molecule has 3 rings (SSSR count). The van der Waals surface area contributed by atoms with Crippen LogP contribution in [0, 0.1) is 13.8 Å². The van der Waals surface area contributed by atoms with Crippen LogP contribution in [-0.4, -0.2) is 0 Å². The van der Waals surface area contributed by atoms with Gasteiger partial charge in [0.05, 0.1) is 0 Å². The number of hydrogen-bond acceptors (Lipinski definition) is 0. The quantitative estimate of drug-likeness (QED) is 0.508. The first-order valence-electron chi connectivity index (χ1n) is 8.79. The molecule has 2 atom stereocenters. The number of hydrogen-bond donors (Lipinski definition) is 0. The second-order valence-electron chi connectivity index (χ2n) is 6.83. The van der Waals surface area contributed by atoms with E-state index in [1.165, 1.54) is 33.4 Å². The Kier molecular flexibility index (Phi) is 4.85. The summed E-state index contributed by atoms with van der Waals surface area (Å²) in [4.78, 5) is 0. The topological polar surface area (TPSA) is 0 Å². The van der Waals surface area contributed by atoms with Crippen molar-refractivity contribution in [1.82, 2.24) is 0 Å². The molecule has 0 heterocycles. The monoisotopic (exact) mass is 314 g/mol. The average molecular weight is 314 g/mol. The molecule has 0 saturated heterocycles. The lowest BCUT2D eigenvalue weighted by Gasteiger charge is -2.22. The summed E-state index contributed by atoms with van der Waals surface area (Å²) in [5.41, 5.74) is 8.39. The first kappa shape index (κ1) is 16.5. The zero-order valence-corrected chi connectivity index (χ0v) is 15.1. The largest absolute Gasteiger partial charge is 0.0622 e. The minimum atomic E-state index is 0.411. The highest BCUT2D eigenvalue weighted by Gasteiger charge is 2.17. The van der Waals surface area contributed by atoms with Crippen molar-refractivity contribution in [1.29, 1.82) is 0 Å². The van der Waals surface area contributed by atoms with Gasteiger partial charge in [-0.15, -0.1) is 0 Å². The first-order chi connectivity index (χ1) is 11.6. The average Bonchev–Trinajstić information content (AvgIpc) is 2.62. The first-order valence-corrected chi connectivity index (χ1v) is 8.79. The summed E-state index contributed by atoms with van der Waals surface area (Å²) in [6, 6.07) is 26.4. The normalized spacial score (nSPS) is 13.5. The van der Waals surface area contributed by atoms with Gasteiger partial charge in [-0.25, -0.2) is 0 Å². The molecule has 3 aromatic rings. The van der Waals surface area contributed by atoms with Crippen molar-refractivity contribution in [3.8, 4) is 0 Å². The smallest absolute Gasteiger partial charge is 0.00637 e. The van der Waals surface area contributed by atoms with E-state index < -0.39 is 0 Å². The number of benzene rings is 3. The maximum Gasteiger partial charge on any atom is 0.00637 e. The van der Waals surface area contributed by atoms with Gasteiger partial charge in [-0.3, -0.25) is 0 Å². The fraction of sp³-hybridized carbons (Fsp3) is 0.250. The summed E-state index contributed by atoms with van der Waals surface area (Å²) < 4.78 is 0. The van der Waals surface area contributed by atoms with Crippen LogP contribution in [0.3, 0.4) is 0 Å². The second-order valence-corrected chi connectivity index (χ2v) is 6.83. The molecule has 0 amide bonds. The Labute approximate surface area is 146 Å². The molecule has 0 N–H and O–H groups in total. The molecule has 0 fully saturated rings. The van der Waals surface area contributed by atoms with Gasteiger partial charge in [0.1, 0.15) is 0 Å². The zero-order valence-electron chi connectivity index (χ0n) is 15.1. The summed E-state index contributed by atoms with van der Waals surface area (Å²) in [5, 5.41) is 0. The molecule has 0 nitrogen and oxygen atoms in total. The Morgan fingerprint density at radius 3 is 1.29 bits per heavy atom. The van der Waals surface area contributed by atoms with Crippen LogP contribution in [0.4, 0.5) is 0 Å². The van der Waals surface area contributed by atoms with Gasteiger partial charge in [0.15, 0.2) is 0 Å². The van der Waals surface area contributed by atoms with Gasteiger partial charge >= 0.3 is 0 Å². The van der Waals surface area contributed by atoms with Crippen LogP contribution in [-0.2, 0) is 0 Å². The van der Waals surface area contributed by atoms with E-state index in [0.717, 1.165) is 0 Å². The second kappa shape index (κ2) is 7.05. The Morgan fingerprint density at radius 2 is 0.917 bits per heavy atom. The van der Waals surface area contributed by atoms with Crippen LogP contribution in [0.15, 0.2) is 72.8 Å². The number of rotatable bonds is 4. The molecule has 0 radical (unpaired) electrons. The van der Waals surface area contributed by atoms with E-state index in [-0.39, 0.29) is 0 Å². The summed E-state index contributed by atoms with van der Waals surface area (Å²) in [7, 11) is 0. The standard InChI is InChI=1S/C24H26/c1-17-15-18(2)24(20(4)22-13-9-6-10-14-22)16-23(17)19(3)21-11-7-5-8-12-21/h5-16,19-20H,1-4H3. The van der Waals surface area contributed by atoms with Gasteiger partial charge in [-0.1, -0.05) is 86.6 Å². The third-order valence-electron chi connectivity index (χ3n) is 5.19. The van der Waals surface area contributed by atoms with Gasteiger partial charge in [-0.05, 0) is 47.2 Å². The van der Waals surface area contributed by atoms with Crippen LogP contribution < -0.4 is 0 Å². The van der Waals surface area contributed by atoms with Crippen molar-refractivity contribution in [2.24, 2.45) is 0 Å². The van der Waals surface area contributed by atoms with Crippen molar-refractivity contribution in [3.63, 3.8) is 0 Å². The molecule has 0 spiro atoms. The van der Waals surface area contributed by atoms with Crippen LogP contribution in [0.5, 0.6) is 0 Å². The summed E-state index contributed by atoms with van der Waals surface area (Å²) in [5.74, 6) is 0.821. The highest BCUT2D eigenvalue weighted by Crippen LogP contribution is 2.33. The van der Waals surface area contributed by atoms with Crippen molar-refractivity contribution in [2.75, 3.05) is 0 Å².